The molecule has 2 heterocycles. The van der Waals surface area contributed by atoms with Gasteiger partial charge in [0, 0.05) is 17.0 Å². The highest BCUT2D eigenvalue weighted by atomic mass is 32.1. The van der Waals surface area contributed by atoms with Gasteiger partial charge in [-0.1, -0.05) is 6.07 Å². The van der Waals surface area contributed by atoms with E-state index in [4.69, 9.17) is 9.47 Å². The quantitative estimate of drug-likeness (QED) is 0.567. The fraction of sp³-hybridized carbons (Fsp3) is 0.250. The number of aryl methyl sites for hydroxylation is 1. The number of carbonyl (C=O) groups excluding carboxylic acids is 2. The fourth-order valence-corrected chi connectivity index (χ4v) is 4.14. The minimum atomic E-state index is -0.539. The highest BCUT2D eigenvalue weighted by molar-refractivity contribution is 7.17. The smallest absolute Gasteiger partial charge is 0.350 e. The van der Waals surface area contributed by atoms with E-state index in [0.29, 0.717) is 22.1 Å². The number of ether oxygens (including phenoxy) is 2. The van der Waals surface area contributed by atoms with Crippen molar-refractivity contribution in [3.8, 4) is 16.3 Å². The first-order valence-corrected chi connectivity index (χ1v) is 10.3. The first-order valence-electron chi connectivity index (χ1n) is 8.65. The number of amides is 1. The Morgan fingerprint density at radius 3 is 2.64 bits per heavy atom. The van der Waals surface area contributed by atoms with Gasteiger partial charge in [-0.3, -0.25) is 4.79 Å². The van der Waals surface area contributed by atoms with Crippen molar-refractivity contribution in [1.82, 2.24) is 10.3 Å². The second kappa shape index (κ2) is 9.48. The van der Waals surface area contributed by atoms with Crippen LogP contribution in [0.5, 0.6) is 5.75 Å². The van der Waals surface area contributed by atoms with Crippen molar-refractivity contribution >= 4 is 34.6 Å². The second-order valence-electron chi connectivity index (χ2n) is 5.92. The Kier molecular flexibility index (Phi) is 6.78. The summed E-state index contributed by atoms with van der Waals surface area (Å²) in [7, 11) is 1.61. The van der Waals surface area contributed by atoms with Crippen LogP contribution in [0.1, 0.15) is 20.2 Å². The van der Waals surface area contributed by atoms with Crippen molar-refractivity contribution in [3.05, 3.63) is 57.2 Å². The number of methoxy groups -OCH3 is 1. The maximum atomic E-state index is 12.3. The van der Waals surface area contributed by atoms with Gasteiger partial charge in [0.1, 0.15) is 15.6 Å². The first kappa shape index (κ1) is 20.0. The number of carbonyl (C=O) groups is 2. The second-order valence-corrected chi connectivity index (χ2v) is 7.95. The van der Waals surface area contributed by atoms with Gasteiger partial charge in [0.2, 0.25) is 0 Å². The molecule has 0 aliphatic heterocycles. The summed E-state index contributed by atoms with van der Waals surface area (Å²) in [5.41, 5.74) is 1.47. The third kappa shape index (κ3) is 5.17. The highest BCUT2D eigenvalue weighted by Crippen LogP contribution is 2.29. The number of thiophene rings is 1. The molecule has 1 amide bonds. The fourth-order valence-electron chi connectivity index (χ4n) is 2.47. The SMILES string of the molecule is COc1ccc(-c2nc(C)c(C(=O)OCC(=O)NCCc3cccs3)s2)cc1. The lowest BCUT2D eigenvalue weighted by atomic mass is 10.2. The number of benzene rings is 1. The van der Waals surface area contributed by atoms with E-state index in [1.165, 1.54) is 16.2 Å². The molecular formula is C20H20N2O4S2. The van der Waals surface area contributed by atoms with Gasteiger partial charge in [-0.05, 0) is 49.1 Å². The van der Waals surface area contributed by atoms with E-state index in [-0.39, 0.29) is 12.5 Å². The Labute approximate surface area is 171 Å². The summed E-state index contributed by atoms with van der Waals surface area (Å²) in [6.45, 7) is 1.96. The van der Waals surface area contributed by atoms with Crippen LogP contribution >= 0.6 is 22.7 Å². The van der Waals surface area contributed by atoms with Gasteiger partial charge in [-0.25, -0.2) is 9.78 Å². The molecule has 0 atom stereocenters. The zero-order valence-electron chi connectivity index (χ0n) is 15.6. The van der Waals surface area contributed by atoms with Gasteiger partial charge >= 0.3 is 5.97 Å². The van der Waals surface area contributed by atoms with Gasteiger partial charge < -0.3 is 14.8 Å². The van der Waals surface area contributed by atoms with Crippen LogP contribution in [0.15, 0.2) is 41.8 Å². The summed E-state index contributed by atoms with van der Waals surface area (Å²) in [5, 5.41) is 5.46. The summed E-state index contributed by atoms with van der Waals surface area (Å²) in [5.74, 6) is -0.104. The maximum Gasteiger partial charge on any atom is 0.350 e. The normalized spacial score (nSPS) is 10.5. The summed E-state index contributed by atoms with van der Waals surface area (Å²) >= 11 is 2.89. The number of nitrogens with zero attached hydrogens (tertiary/aromatic N) is 1. The van der Waals surface area contributed by atoms with Crippen molar-refractivity contribution in [2.45, 2.75) is 13.3 Å². The van der Waals surface area contributed by atoms with E-state index in [1.807, 2.05) is 41.8 Å². The van der Waals surface area contributed by atoms with Crippen LogP contribution in [-0.2, 0) is 16.0 Å². The Hall–Kier alpha value is -2.71. The molecule has 8 heteroatoms. The summed E-state index contributed by atoms with van der Waals surface area (Å²) < 4.78 is 10.3. The molecule has 0 unspecified atom stereocenters. The van der Waals surface area contributed by atoms with Crippen molar-refractivity contribution in [3.63, 3.8) is 0 Å². The van der Waals surface area contributed by atoms with E-state index >= 15 is 0 Å². The van der Waals surface area contributed by atoms with Crippen LogP contribution in [0, 0.1) is 6.92 Å². The molecule has 0 spiro atoms. The lowest BCUT2D eigenvalue weighted by Crippen LogP contribution is -2.30. The minimum absolute atomic E-state index is 0.307. The molecule has 0 fully saturated rings. The number of aromatic nitrogens is 1. The zero-order chi connectivity index (χ0) is 19.9. The summed E-state index contributed by atoms with van der Waals surface area (Å²) in [4.78, 5) is 30.2. The lowest BCUT2D eigenvalue weighted by Gasteiger charge is -2.05. The van der Waals surface area contributed by atoms with Crippen LogP contribution in [0.25, 0.3) is 10.6 Å². The van der Waals surface area contributed by atoms with Gasteiger partial charge in [-0.2, -0.15) is 0 Å². The average molecular weight is 417 g/mol. The lowest BCUT2D eigenvalue weighted by molar-refractivity contribution is -0.124. The molecule has 6 nitrogen and oxygen atoms in total. The molecule has 0 saturated carbocycles. The predicted molar refractivity (Wildman–Crippen MR) is 110 cm³/mol. The van der Waals surface area contributed by atoms with E-state index in [0.717, 1.165) is 17.7 Å². The standard InChI is InChI=1S/C20H20N2O4S2/c1-13-18(28-19(22-13)14-5-7-15(25-2)8-6-14)20(24)26-12-17(23)21-10-9-16-4-3-11-27-16/h3-8,11H,9-10,12H2,1-2H3,(H,21,23). The molecule has 0 aliphatic rings. The van der Waals surface area contributed by atoms with Gasteiger partial charge in [0.05, 0.1) is 12.8 Å². The van der Waals surface area contributed by atoms with Crippen LogP contribution in [0.3, 0.4) is 0 Å². The third-order valence-corrected chi connectivity index (χ3v) is 6.05. The van der Waals surface area contributed by atoms with Gasteiger partial charge in [-0.15, -0.1) is 22.7 Å². The molecule has 3 aromatic rings. The molecule has 0 aliphatic carbocycles. The largest absolute Gasteiger partial charge is 0.497 e. The monoisotopic (exact) mass is 416 g/mol. The molecule has 146 valence electrons. The van der Waals surface area contributed by atoms with Crippen molar-refractivity contribution < 1.29 is 19.1 Å². The van der Waals surface area contributed by atoms with Crippen molar-refractivity contribution in [1.29, 1.82) is 0 Å². The average Bonchev–Trinajstić information content (AvgIpc) is 3.36. The van der Waals surface area contributed by atoms with Gasteiger partial charge in [0.25, 0.3) is 5.91 Å². The van der Waals surface area contributed by atoms with Crippen LogP contribution in [0.2, 0.25) is 0 Å². The molecule has 2 aromatic heterocycles. The predicted octanol–water partition coefficient (Wildman–Crippen LogP) is 3.70. The first-order chi connectivity index (χ1) is 13.6. The number of hydrogen-bond acceptors (Lipinski definition) is 7. The summed E-state index contributed by atoms with van der Waals surface area (Å²) in [6, 6.07) is 11.4. The number of hydrogen-bond donors (Lipinski definition) is 1. The Balaban J connectivity index is 1.52. The van der Waals surface area contributed by atoms with Gasteiger partial charge in [0.15, 0.2) is 6.61 Å². The third-order valence-electron chi connectivity index (χ3n) is 3.93. The van der Waals surface area contributed by atoms with E-state index in [2.05, 4.69) is 10.3 Å². The van der Waals surface area contributed by atoms with Crippen LogP contribution in [-0.4, -0.2) is 37.1 Å². The summed E-state index contributed by atoms with van der Waals surface area (Å²) in [6.07, 6.45) is 0.760. The molecule has 1 N–H and O–H groups in total. The molecule has 3 rings (SSSR count). The molecule has 28 heavy (non-hydrogen) atoms. The Morgan fingerprint density at radius 1 is 1.18 bits per heavy atom. The topological polar surface area (TPSA) is 77.5 Å². The maximum absolute atomic E-state index is 12.3. The zero-order valence-corrected chi connectivity index (χ0v) is 17.2. The molecule has 1 aromatic carbocycles. The van der Waals surface area contributed by atoms with E-state index < -0.39 is 5.97 Å². The molecule has 0 saturated heterocycles. The Bertz CT molecular complexity index is 934. The molecule has 0 radical (unpaired) electrons. The van der Waals surface area contributed by atoms with E-state index in [1.54, 1.807) is 25.4 Å². The van der Waals surface area contributed by atoms with Crippen molar-refractivity contribution in [2.75, 3.05) is 20.3 Å². The van der Waals surface area contributed by atoms with Crippen LogP contribution < -0.4 is 10.1 Å². The molecular weight excluding hydrogens is 396 g/mol. The number of esters is 1. The Morgan fingerprint density at radius 2 is 1.96 bits per heavy atom. The molecule has 0 bridgehead atoms. The van der Waals surface area contributed by atoms with Crippen LogP contribution in [0.4, 0.5) is 0 Å². The van der Waals surface area contributed by atoms with E-state index in [9.17, 15) is 9.59 Å². The highest BCUT2D eigenvalue weighted by Gasteiger charge is 2.18. The van der Waals surface area contributed by atoms with Crippen molar-refractivity contribution in [2.24, 2.45) is 0 Å². The number of nitrogens with one attached hydrogen (secondary N) is 1. The number of thiazole rings is 1. The number of rotatable bonds is 8. The minimum Gasteiger partial charge on any atom is -0.497 e.